The van der Waals surface area contributed by atoms with Gasteiger partial charge in [-0.3, -0.25) is 4.90 Å². The zero-order valence-corrected chi connectivity index (χ0v) is 14.8. The van der Waals surface area contributed by atoms with Crippen LogP contribution in [0.15, 0.2) is 30.3 Å². The van der Waals surface area contributed by atoms with Crippen molar-refractivity contribution >= 4 is 14.0 Å². The zero-order chi connectivity index (χ0) is 16.4. The van der Waals surface area contributed by atoms with Gasteiger partial charge in [0.2, 0.25) is 0 Å². The third-order valence-corrected chi connectivity index (χ3v) is 3.62. The molecule has 0 aliphatic heterocycles. The van der Waals surface area contributed by atoms with Crippen molar-refractivity contribution in [3.8, 4) is 23.3 Å². The number of carbonyl (C=O) groups is 1. The second-order valence-electron chi connectivity index (χ2n) is 5.98. The lowest BCUT2D eigenvalue weighted by atomic mass is 10.2. The molecule has 4 heteroatoms. The van der Waals surface area contributed by atoms with Gasteiger partial charge in [0.15, 0.2) is 0 Å². The molecule has 0 aliphatic rings. The number of carbonyl (C=O) groups excluding carboxylic acids is 1. The molecule has 116 valence electrons. The minimum absolute atomic E-state index is 0.490. The molecular formula is C18H23NO2Si. The highest BCUT2D eigenvalue weighted by Crippen LogP contribution is 2.04. The maximum Gasteiger partial charge on any atom is 0.384 e. The molecule has 22 heavy (non-hydrogen) atoms. The van der Waals surface area contributed by atoms with Crippen molar-refractivity contribution in [2.75, 3.05) is 20.2 Å². The summed E-state index contributed by atoms with van der Waals surface area (Å²) >= 11 is 0. The van der Waals surface area contributed by atoms with E-state index in [9.17, 15) is 4.79 Å². The van der Waals surface area contributed by atoms with Gasteiger partial charge in [0.25, 0.3) is 0 Å². The molecule has 0 saturated heterocycles. The van der Waals surface area contributed by atoms with E-state index in [1.807, 2.05) is 18.2 Å². The van der Waals surface area contributed by atoms with Crippen LogP contribution in [-0.4, -0.2) is 39.1 Å². The number of rotatable bonds is 4. The van der Waals surface area contributed by atoms with E-state index in [4.69, 9.17) is 0 Å². The molecule has 0 amide bonds. The van der Waals surface area contributed by atoms with Crippen molar-refractivity contribution in [3.63, 3.8) is 0 Å². The summed E-state index contributed by atoms with van der Waals surface area (Å²) in [6.07, 6.45) is 0. The molecule has 0 unspecified atom stereocenters. The first-order valence-electron chi connectivity index (χ1n) is 7.24. The highest BCUT2D eigenvalue weighted by Gasteiger charge is 2.08. The molecule has 0 bridgehead atoms. The fraction of sp³-hybridized carbons (Fsp3) is 0.389. The van der Waals surface area contributed by atoms with E-state index in [-0.39, 0.29) is 0 Å². The summed E-state index contributed by atoms with van der Waals surface area (Å²) in [5.41, 5.74) is 4.56. The van der Waals surface area contributed by atoms with E-state index >= 15 is 0 Å². The molecule has 0 atom stereocenters. The summed E-state index contributed by atoms with van der Waals surface area (Å²) in [5.74, 6) is 8.06. The largest absolute Gasteiger partial charge is 0.459 e. The van der Waals surface area contributed by atoms with E-state index in [0.29, 0.717) is 13.1 Å². The van der Waals surface area contributed by atoms with Crippen LogP contribution in [0.25, 0.3) is 0 Å². The highest BCUT2D eigenvalue weighted by atomic mass is 28.3. The predicted molar refractivity (Wildman–Crippen MR) is 92.6 cm³/mol. The molecule has 0 fully saturated rings. The topological polar surface area (TPSA) is 29.5 Å². The predicted octanol–water partition coefficient (Wildman–Crippen LogP) is 2.55. The number of hydrogen-bond acceptors (Lipinski definition) is 3. The van der Waals surface area contributed by atoms with Gasteiger partial charge in [-0.05, 0) is 5.56 Å². The Kier molecular flexibility index (Phi) is 7.46. The van der Waals surface area contributed by atoms with Crippen molar-refractivity contribution in [1.29, 1.82) is 0 Å². The number of esters is 1. The van der Waals surface area contributed by atoms with Gasteiger partial charge >= 0.3 is 5.97 Å². The van der Waals surface area contributed by atoms with Crippen molar-refractivity contribution in [3.05, 3.63) is 35.9 Å². The second-order valence-corrected chi connectivity index (χ2v) is 10.7. The van der Waals surface area contributed by atoms with Gasteiger partial charge in [-0.15, -0.1) is 5.54 Å². The van der Waals surface area contributed by atoms with Gasteiger partial charge in [-0.2, -0.15) is 0 Å². The van der Waals surface area contributed by atoms with E-state index in [1.54, 1.807) is 0 Å². The smallest absolute Gasteiger partial charge is 0.384 e. The number of benzene rings is 1. The van der Waals surface area contributed by atoms with E-state index in [0.717, 1.165) is 6.54 Å². The average Bonchev–Trinajstić information content (AvgIpc) is 2.46. The minimum Gasteiger partial charge on any atom is -0.459 e. The van der Waals surface area contributed by atoms with Crippen LogP contribution in [-0.2, 0) is 16.1 Å². The molecule has 0 saturated carbocycles. The van der Waals surface area contributed by atoms with Crippen molar-refractivity contribution in [1.82, 2.24) is 4.90 Å². The molecular weight excluding hydrogens is 290 g/mol. The van der Waals surface area contributed by atoms with E-state index < -0.39 is 14.0 Å². The van der Waals surface area contributed by atoms with Gasteiger partial charge in [0, 0.05) is 12.5 Å². The fourth-order valence-electron chi connectivity index (χ4n) is 1.70. The Hall–Kier alpha value is -2.01. The molecule has 3 nitrogen and oxygen atoms in total. The molecule has 1 rings (SSSR count). The first kappa shape index (κ1) is 18.0. The quantitative estimate of drug-likeness (QED) is 0.370. The van der Waals surface area contributed by atoms with Crippen LogP contribution < -0.4 is 0 Å². The fourth-order valence-corrected chi connectivity index (χ4v) is 2.31. The molecule has 0 radical (unpaired) electrons. The van der Waals surface area contributed by atoms with Crippen LogP contribution in [0.2, 0.25) is 19.6 Å². The van der Waals surface area contributed by atoms with Crippen LogP contribution in [0, 0.1) is 23.3 Å². The Balaban J connectivity index is 2.72. The Labute approximate surface area is 134 Å². The van der Waals surface area contributed by atoms with Gasteiger partial charge in [-0.25, -0.2) is 4.79 Å². The summed E-state index contributed by atoms with van der Waals surface area (Å²) in [6, 6.07) is 10.2. The van der Waals surface area contributed by atoms with Gasteiger partial charge in [0.1, 0.15) is 8.07 Å². The molecule has 0 heterocycles. The lowest BCUT2D eigenvalue weighted by Crippen LogP contribution is -2.25. The van der Waals surface area contributed by atoms with Crippen LogP contribution in [0.4, 0.5) is 0 Å². The van der Waals surface area contributed by atoms with Crippen molar-refractivity contribution in [2.24, 2.45) is 0 Å². The monoisotopic (exact) mass is 313 g/mol. The van der Waals surface area contributed by atoms with E-state index in [1.165, 1.54) is 12.7 Å². The molecule has 0 aliphatic carbocycles. The Morgan fingerprint density at radius 2 is 1.77 bits per heavy atom. The molecule has 0 aromatic heterocycles. The maximum absolute atomic E-state index is 11.1. The average molecular weight is 313 g/mol. The van der Waals surface area contributed by atoms with Crippen molar-refractivity contribution < 1.29 is 9.53 Å². The summed E-state index contributed by atoms with van der Waals surface area (Å²) < 4.78 is 4.52. The highest BCUT2D eigenvalue weighted by molar-refractivity contribution is 6.83. The Morgan fingerprint density at radius 3 is 2.36 bits per heavy atom. The lowest BCUT2D eigenvalue weighted by Gasteiger charge is -2.17. The molecule has 1 aromatic rings. The molecule has 0 N–H and O–H groups in total. The zero-order valence-electron chi connectivity index (χ0n) is 13.8. The Bertz CT molecular complexity index is 597. The van der Waals surface area contributed by atoms with Crippen LogP contribution in [0.3, 0.4) is 0 Å². The summed E-state index contributed by atoms with van der Waals surface area (Å²) in [5, 5.41) is 0. The number of nitrogens with zero attached hydrogens (tertiary/aromatic N) is 1. The standard InChI is InChI=1S/C18H23NO2Si/c1-21-18(20)12-8-13-19(14-9-15-22(2,3)4)16-17-10-6-5-7-11-17/h5-7,10-11H,13-14,16H2,1-4H3. The SMILES string of the molecule is COC(=O)C#CCN(CC#C[Si](C)(C)C)Cc1ccccc1. The first-order valence-corrected chi connectivity index (χ1v) is 10.7. The number of methoxy groups -OCH3 is 1. The normalized spacial score (nSPS) is 10.2. The third kappa shape index (κ3) is 8.31. The lowest BCUT2D eigenvalue weighted by molar-refractivity contribution is -0.133. The van der Waals surface area contributed by atoms with E-state index in [2.05, 4.69) is 64.7 Å². The summed E-state index contributed by atoms with van der Waals surface area (Å²) in [6.45, 7) is 8.56. The molecule has 0 spiro atoms. The van der Waals surface area contributed by atoms with Gasteiger partial charge in [0.05, 0.1) is 20.2 Å². The summed E-state index contributed by atoms with van der Waals surface area (Å²) in [7, 11) is -0.0374. The maximum atomic E-state index is 11.1. The molecule has 1 aromatic carbocycles. The van der Waals surface area contributed by atoms with Crippen molar-refractivity contribution in [2.45, 2.75) is 26.2 Å². The van der Waals surface area contributed by atoms with Gasteiger partial charge < -0.3 is 4.74 Å². The Morgan fingerprint density at radius 1 is 1.14 bits per heavy atom. The first-order chi connectivity index (χ1) is 10.4. The number of hydrogen-bond donors (Lipinski definition) is 0. The number of ether oxygens (including phenoxy) is 1. The minimum atomic E-state index is -1.37. The van der Waals surface area contributed by atoms with Crippen LogP contribution >= 0.6 is 0 Å². The second kappa shape index (κ2) is 9.10. The summed E-state index contributed by atoms with van der Waals surface area (Å²) in [4.78, 5) is 13.2. The third-order valence-electron chi connectivity index (χ3n) is 2.69. The van der Waals surface area contributed by atoms with Crippen LogP contribution in [0.1, 0.15) is 5.56 Å². The van der Waals surface area contributed by atoms with Gasteiger partial charge in [-0.1, -0.05) is 61.8 Å². The van der Waals surface area contributed by atoms with Crippen LogP contribution in [0.5, 0.6) is 0 Å².